The molecule has 4 amide bonds. The van der Waals surface area contributed by atoms with Gasteiger partial charge in [0.25, 0.3) is 23.6 Å². The second-order valence-electron chi connectivity index (χ2n) is 17.6. The van der Waals surface area contributed by atoms with Crippen molar-refractivity contribution < 1.29 is 164 Å². The maximum atomic E-state index is 13.3. The van der Waals surface area contributed by atoms with Crippen molar-refractivity contribution in [1.29, 1.82) is 0 Å². The summed E-state index contributed by atoms with van der Waals surface area (Å²) in [6.07, 6.45) is 0. The molecule has 0 unspecified atom stereocenters. The summed E-state index contributed by atoms with van der Waals surface area (Å²) in [6.45, 7) is 37.3. The third-order valence-electron chi connectivity index (χ3n) is 12.8. The Labute approximate surface area is 649 Å². The van der Waals surface area contributed by atoms with Crippen LogP contribution < -0.4 is 133 Å². The zero-order chi connectivity index (χ0) is 68.9. The van der Waals surface area contributed by atoms with E-state index < -0.39 is 23.9 Å². The average Bonchev–Trinajstić information content (AvgIpc) is 0.790. The van der Waals surface area contributed by atoms with E-state index in [4.69, 9.17) is 11.5 Å². The number of cyclic esters (lactones) is 4. The molecule has 5 N–H and O–H groups in total. The Morgan fingerprint density at radius 2 is 0.634 bits per heavy atom. The van der Waals surface area contributed by atoms with Gasteiger partial charge in [0.1, 0.15) is 0 Å². The number of hydrogen-bond acceptors (Lipinski definition) is 14. The monoisotopic (exact) mass is 1410 g/mol. The Bertz CT molecular complexity index is 3360. The van der Waals surface area contributed by atoms with Crippen molar-refractivity contribution in [3.05, 3.63) is 201 Å². The zero-order valence-electron chi connectivity index (χ0n) is 58.6. The summed E-state index contributed by atoms with van der Waals surface area (Å²) in [6, 6.07) is 42.9. The van der Waals surface area contributed by atoms with E-state index in [-0.39, 0.29) is 166 Å². The zero-order valence-corrected chi connectivity index (χ0v) is 68.5. The molecule has 490 valence electrons. The van der Waals surface area contributed by atoms with E-state index in [1.807, 2.05) is 190 Å². The summed E-state index contributed by atoms with van der Waals surface area (Å²) < 4.78 is 9.25. The van der Waals surface area contributed by atoms with Crippen LogP contribution in [0.25, 0.3) is 53.7 Å². The van der Waals surface area contributed by atoms with Crippen LogP contribution in [0.2, 0.25) is 0 Å². The quantitative estimate of drug-likeness (QED) is 0.0358. The number of rotatable bonds is 11. The first-order chi connectivity index (χ1) is 44.3. The number of imide groups is 2. The van der Waals surface area contributed by atoms with Crippen molar-refractivity contribution in [2.24, 2.45) is 11.5 Å². The van der Waals surface area contributed by atoms with Gasteiger partial charge in [0, 0.05) is 56.5 Å². The van der Waals surface area contributed by atoms with Crippen molar-refractivity contribution in [3.8, 4) is 0 Å². The van der Waals surface area contributed by atoms with E-state index in [9.17, 15) is 38.4 Å². The molecule has 4 aliphatic rings. The molecule has 18 nitrogen and oxygen atoms in total. The summed E-state index contributed by atoms with van der Waals surface area (Å²) in [7, 11) is 0. The van der Waals surface area contributed by atoms with Gasteiger partial charge in [-0.25, -0.2) is 19.2 Å². The minimum absolute atomic E-state index is 0. The number of benzene rings is 8. The summed E-state index contributed by atoms with van der Waals surface area (Å²) in [5, 5.41) is 17.2. The fourth-order valence-electron chi connectivity index (χ4n) is 9.20. The first kappa shape index (κ1) is 89.8. The van der Waals surface area contributed by atoms with Gasteiger partial charge in [-0.05, 0) is 83.9 Å². The first-order valence-corrected chi connectivity index (χ1v) is 31.8. The SMILES string of the molecule is CC.CC.CC.CC.CC.CC.CC.CC.CC(C)N(C[N-]CN1C(=O)c2cccc3cccc(c23)C1=O)CN1C(=O)c2cccc3cccc(c23)C1=O.NC[N-]CNCN.O=C1OC(=O)c2cccc3cccc1c23.O=C1OC(=O)c2cccc3cccc1c23.[Rb+].[Rb+]. The summed E-state index contributed by atoms with van der Waals surface area (Å²) >= 11 is 0. The van der Waals surface area contributed by atoms with E-state index >= 15 is 0 Å². The van der Waals surface area contributed by atoms with Crippen LogP contribution in [-0.4, -0.2) is 108 Å². The third kappa shape index (κ3) is 22.9. The Morgan fingerprint density at radius 3 is 0.882 bits per heavy atom. The van der Waals surface area contributed by atoms with Gasteiger partial charge in [0.15, 0.2) is 0 Å². The standard InChI is InChI=1S/C30H25N4O4.2C12H6O3.C3H11N4.8C2H6.2Rb/c1-18(2)32(17-34-29(37)23-13-5-9-20-10-6-14-24(26(20)23)30(34)38)15-31-16-33-27(35)21-11-3-7-19-8-4-12-22(25(19)21)28(33)36;2*13-11-8-5-1-3-7-4-2-6-9(10(7)8)12(14)15-11;4-1-6-3-7-2-5;8*1-2;;/h3-14,18H,15-17H2,1-2H3;2*1-6H;6H,1-5H2;8*1-2H3;;/q-1;;;-1;;;;;;;;;2*+1. The summed E-state index contributed by atoms with van der Waals surface area (Å²) in [5.74, 6) is -3.73. The number of esters is 4. The number of nitrogens with one attached hydrogen (secondary N) is 1. The number of carbonyl (C=O) groups is 8. The summed E-state index contributed by atoms with van der Waals surface area (Å²) in [5.41, 5.74) is 13.9. The average molecular weight is 1420 g/mol. The van der Waals surface area contributed by atoms with Crippen LogP contribution in [0.5, 0.6) is 0 Å². The molecule has 0 radical (unpaired) electrons. The van der Waals surface area contributed by atoms with Gasteiger partial charge < -0.3 is 41.8 Å². The van der Waals surface area contributed by atoms with Crippen LogP contribution >= 0.6 is 0 Å². The molecule has 0 atom stereocenters. The number of nitrogens with two attached hydrogens (primary N) is 2. The molecule has 0 saturated heterocycles. The number of carbonyl (C=O) groups excluding carboxylic acids is 8. The third-order valence-corrected chi connectivity index (χ3v) is 12.8. The van der Waals surface area contributed by atoms with Gasteiger partial charge >= 0.3 is 140 Å². The first-order valence-electron chi connectivity index (χ1n) is 31.8. The molecule has 8 aromatic carbocycles. The molecule has 93 heavy (non-hydrogen) atoms. The largest absolute Gasteiger partial charge is 1.00 e. The predicted molar refractivity (Wildman–Crippen MR) is 371 cm³/mol. The topological polar surface area (TPSA) is 257 Å². The fraction of sp³-hybridized carbons (Fsp3) is 0.342. The number of ether oxygens (including phenoxy) is 2. The maximum Gasteiger partial charge on any atom is 1.00 e. The van der Waals surface area contributed by atoms with Crippen molar-refractivity contribution in [1.82, 2.24) is 20.0 Å². The maximum absolute atomic E-state index is 13.3. The van der Waals surface area contributed by atoms with Gasteiger partial charge in [-0.2, -0.15) is 0 Å². The summed E-state index contributed by atoms with van der Waals surface area (Å²) in [4.78, 5) is 103. The molecule has 20 heteroatoms. The van der Waals surface area contributed by atoms with Gasteiger partial charge in [-0.3, -0.25) is 29.0 Å². The molecular weight excluding hydrogens is 1320 g/mol. The normalized spacial score (nSPS) is 11.9. The predicted octanol–water partition coefficient (Wildman–Crippen LogP) is 10.1. The Kier molecular flexibility index (Phi) is 47.6. The van der Waals surface area contributed by atoms with E-state index in [0.29, 0.717) is 86.1 Å². The van der Waals surface area contributed by atoms with E-state index in [1.54, 1.807) is 84.9 Å². The van der Waals surface area contributed by atoms with Crippen molar-refractivity contribution >= 4 is 90.6 Å². The minimum atomic E-state index is -0.565. The Balaban J connectivity index is 0. The number of amides is 4. The van der Waals surface area contributed by atoms with Gasteiger partial charge in [-0.1, -0.05) is 235 Å². The van der Waals surface area contributed by atoms with Crippen LogP contribution in [0.3, 0.4) is 0 Å². The number of nitrogens with zero attached hydrogens (tertiary/aromatic N) is 5. The van der Waals surface area contributed by atoms with Gasteiger partial charge in [0.2, 0.25) is 0 Å². The number of hydrogen-bond donors (Lipinski definition) is 3. The fourth-order valence-corrected chi connectivity index (χ4v) is 9.20. The smallest absolute Gasteiger partial charge is 0.638 e. The van der Waals surface area contributed by atoms with Gasteiger partial charge in [-0.15, -0.1) is 0 Å². The molecule has 4 aliphatic heterocycles. The Hall–Kier alpha value is -5.27. The molecule has 12 rings (SSSR count). The second kappa shape index (κ2) is 49.3. The minimum Gasteiger partial charge on any atom is -0.638 e. The molecule has 0 aliphatic carbocycles. The molecule has 4 heterocycles. The van der Waals surface area contributed by atoms with E-state index in [1.165, 1.54) is 4.90 Å². The van der Waals surface area contributed by atoms with Gasteiger partial charge in [0.05, 0.1) is 28.9 Å². The van der Waals surface area contributed by atoms with Crippen LogP contribution in [0, 0.1) is 0 Å². The molecule has 0 bridgehead atoms. The molecule has 0 aromatic heterocycles. The van der Waals surface area contributed by atoms with Crippen LogP contribution in [0.1, 0.15) is 207 Å². The van der Waals surface area contributed by atoms with Crippen LogP contribution in [0.4, 0.5) is 0 Å². The van der Waals surface area contributed by atoms with Crippen molar-refractivity contribution in [3.63, 3.8) is 0 Å². The van der Waals surface area contributed by atoms with Crippen molar-refractivity contribution in [2.75, 3.05) is 40.0 Å². The van der Waals surface area contributed by atoms with Crippen molar-refractivity contribution in [2.45, 2.75) is 131 Å². The van der Waals surface area contributed by atoms with Crippen LogP contribution in [-0.2, 0) is 9.47 Å². The molecular formula is C73H96N8O10Rb2. The molecule has 8 aromatic rings. The molecule has 0 saturated carbocycles. The molecule has 0 spiro atoms. The van der Waals surface area contributed by atoms with E-state index in [2.05, 4.69) is 25.4 Å². The van der Waals surface area contributed by atoms with E-state index in [0.717, 1.165) is 26.4 Å². The molecule has 0 fully saturated rings. The van der Waals surface area contributed by atoms with Crippen LogP contribution in [0.15, 0.2) is 146 Å². The second-order valence-corrected chi connectivity index (χ2v) is 17.6. The Morgan fingerprint density at radius 1 is 0.387 bits per heavy atom.